The van der Waals surface area contributed by atoms with Gasteiger partial charge in [-0.15, -0.1) is 0 Å². The van der Waals surface area contributed by atoms with Crippen LogP contribution in [0.4, 0.5) is 11.5 Å². The topological polar surface area (TPSA) is 46.9 Å². The summed E-state index contributed by atoms with van der Waals surface area (Å²) in [6, 6.07) is 23.3. The number of hydrogen-bond acceptors (Lipinski definition) is 3. The number of nitrogens with zero attached hydrogens (tertiary/aromatic N) is 2. The van der Waals surface area contributed by atoms with E-state index >= 15 is 0 Å². The van der Waals surface area contributed by atoms with Crippen LogP contribution in [0.5, 0.6) is 0 Å². The van der Waals surface area contributed by atoms with E-state index in [1.165, 1.54) is 0 Å². The largest absolute Gasteiger partial charge is 0.341 e. The molecule has 0 saturated heterocycles. The maximum Gasteiger partial charge on any atom is 0.193 e. The minimum absolute atomic E-state index is 0.0352. The highest BCUT2D eigenvalue weighted by Gasteiger charge is 2.15. The molecule has 0 aliphatic heterocycles. The van der Waals surface area contributed by atoms with Crippen molar-refractivity contribution in [1.29, 1.82) is 0 Å². The monoisotopic (exact) mass is 453 g/mol. The van der Waals surface area contributed by atoms with E-state index in [2.05, 4.69) is 32.9 Å². The zero-order valence-electron chi connectivity index (χ0n) is 14.1. The van der Waals surface area contributed by atoms with Gasteiger partial charge in [0, 0.05) is 17.4 Å². The molecule has 2 aromatic carbocycles. The van der Waals surface area contributed by atoms with Crippen molar-refractivity contribution in [2.75, 3.05) is 5.32 Å². The van der Waals surface area contributed by atoms with Gasteiger partial charge in [0.05, 0.1) is 5.39 Å². The van der Waals surface area contributed by atoms with E-state index in [1.807, 2.05) is 78.2 Å². The summed E-state index contributed by atoms with van der Waals surface area (Å²) >= 11 is 2.19. The molecule has 26 heavy (non-hydrogen) atoms. The lowest BCUT2D eigenvalue weighted by Crippen LogP contribution is -2.15. The maximum atomic E-state index is 12.8. The smallest absolute Gasteiger partial charge is 0.193 e. The summed E-state index contributed by atoms with van der Waals surface area (Å²) in [5.41, 5.74) is 3.42. The molecule has 0 fully saturated rings. The molecule has 2 aromatic heterocycles. The normalized spacial score (nSPS) is 10.8. The molecule has 0 atom stereocenters. The van der Waals surface area contributed by atoms with Gasteiger partial charge in [-0.3, -0.25) is 9.36 Å². The quantitative estimate of drug-likeness (QED) is 0.349. The van der Waals surface area contributed by atoms with E-state index in [0.717, 1.165) is 20.6 Å². The van der Waals surface area contributed by atoms with Gasteiger partial charge >= 0.3 is 0 Å². The highest BCUT2D eigenvalue weighted by Crippen LogP contribution is 2.26. The molecule has 0 bridgehead atoms. The van der Waals surface area contributed by atoms with E-state index in [4.69, 9.17) is 0 Å². The number of nitrogens with one attached hydrogen (secondary N) is 1. The van der Waals surface area contributed by atoms with Crippen LogP contribution in [0.2, 0.25) is 0 Å². The fraction of sp³-hybridized carbons (Fsp3) is 0.0476. The first kappa shape index (κ1) is 16.8. The summed E-state index contributed by atoms with van der Waals surface area (Å²) in [7, 11) is 0. The summed E-state index contributed by atoms with van der Waals surface area (Å²) in [5.74, 6) is 0.689. The molecule has 4 rings (SSSR count). The lowest BCUT2D eigenvalue weighted by Gasteiger charge is -2.18. The molecule has 128 valence electrons. The lowest BCUT2D eigenvalue weighted by atomic mass is 10.1. The number of halogens is 1. The molecule has 4 aromatic rings. The average Bonchev–Trinajstić information content (AvgIpc) is 2.62. The molecule has 2 heterocycles. The Kier molecular flexibility index (Phi) is 4.46. The van der Waals surface area contributed by atoms with Crippen LogP contribution in [-0.2, 0) is 0 Å². The molecular weight excluding hydrogens is 437 g/mol. The number of fused-ring (bicyclic) bond motifs is 1. The number of rotatable bonds is 3. The van der Waals surface area contributed by atoms with E-state index in [-0.39, 0.29) is 5.43 Å². The second-order valence-electron chi connectivity index (χ2n) is 6.02. The van der Waals surface area contributed by atoms with Crippen molar-refractivity contribution < 1.29 is 0 Å². The second kappa shape index (κ2) is 6.92. The zero-order valence-corrected chi connectivity index (χ0v) is 16.3. The van der Waals surface area contributed by atoms with Gasteiger partial charge in [-0.2, -0.15) is 0 Å². The fourth-order valence-electron chi connectivity index (χ4n) is 3.06. The summed E-state index contributed by atoms with van der Waals surface area (Å²) in [4.78, 5) is 17.5. The summed E-state index contributed by atoms with van der Waals surface area (Å²) in [6.45, 7) is 1.95. The standard InChI is InChI=1S/C21H16IN3O/c1-14-12-18(22)24-21-20(14)17(26)13-19(23-15-8-4-2-5-9-15)25(21)16-10-6-3-7-11-16/h2-13,23H,1H3. The van der Waals surface area contributed by atoms with Gasteiger partial charge in [0.15, 0.2) is 11.1 Å². The van der Waals surface area contributed by atoms with Crippen molar-refractivity contribution in [3.63, 3.8) is 0 Å². The molecule has 0 saturated carbocycles. The van der Waals surface area contributed by atoms with Crippen molar-refractivity contribution >= 4 is 45.1 Å². The third kappa shape index (κ3) is 3.10. The van der Waals surface area contributed by atoms with E-state index < -0.39 is 0 Å². The Balaban J connectivity index is 2.06. The molecule has 1 N–H and O–H groups in total. The van der Waals surface area contributed by atoms with E-state index in [9.17, 15) is 4.79 Å². The van der Waals surface area contributed by atoms with Crippen LogP contribution in [-0.4, -0.2) is 9.55 Å². The molecule has 0 unspecified atom stereocenters. The Morgan fingerprint density at radius 2 is 1.62 bits per heavy atom. The molecule has 5 heteroatoms. The van der Waals surface area contributed by atoms with Crippen molar-refractivity contribution in [3.05, 3.63) is 92.3 Å². The Morgan fingerprint density at radius 1 is 0.962 bits per heavy atom. The van der Waals surface area contributed by atoms with E-state index in [1.54, 1.807) is 6.07 Å². The maximum absolute atomic E-state index is 12.8. The minimum Gasteiger partial charge on any atom is -0.341 e. The number of aromatic nitrogens is 2. The summed E-state index contributed by atoms with van der Waals surface area (Å²) in [6.07, 6.45) is 0. The number of benzene rings is 2. The Morgan fingerprint density at radius 3 is 2.31 bits per heavy atom. The molecule has 0 aliphatic rings. The predicted molar refractivity (Wildman–Crippen MR) is 115 cm³/mol. The zero-order chi connectivity index (χ0) is 18.1. The van der Waals surface area contributed by atoms with Gasteiger partial charge in [-0.05, 0) is 65.4 Å². The summed E-state index contributed by atoms with van der Waals surface area (Å²) in [5, 5.41) is 4.01. The van der Waals surface area contributed by atoms with Gasteiger partial charge in [0.25, 0.3) is 0 Å². The van der Waals surface area contributed by atoms with Gasteiger partial charge in [0.1, 0.15) is 9.52 Å². The van der Waals surface area contributed by atoms with E-state index in [0.29, 0.717) is 16.9 Å². The second-order valence-corrected chi connectivity index (χ2v) is 7.12. The fourth-order valence-corrected chi connectivity index (χ4v) is 3.75. The average molecular weight is 453 g/mol. The minimum atomic E-state index is -0.0352. The van der Waals surface area contributed by atoms with Crippen molar-refractivity contribution in [2.24, 2.45) is 0 Å². The van der Waals surface area contributed by atoms with Crippen LogP contribution < -0.4 is 10.7 Å². The van der Waals surface area contributed by atoms with Crippen molar-refractivity contribution in [3.8, 4) is 5.69 Å². The van der Waals surface area contributed by atoms with Gasteiger partial charge in [0.2, 0.25) is 0 Å². The number of hydrogen-bond donors (Lipinski definition) is 1. The molecule has 4 nitrogen and oxygen atoms in total. The molecular formula is C21H16IN3O. The Labute approximate surface area is 164 Å². The van der Waals surface area contributed by atoms with Crippen LogP contribution >= 0.6 is 22.6 Å². The van der Waals surface area contributed by atoms with Gasteiger partial charge in [-0.25, -0.2) is 4.98 Å². The Bertz CT molecular complexity index is 1140. The van der Waals surface area contributed by atoms with Gasteiger partial charge in [-0.1, -0.05) is 36.4 Å². The number of anilines is 2. The van der Waals surface area contributed by atoms with Crippen molar-refractivity contribution in [1.82, 2.24) is 9.55 Å². The number of aryl methyl sites for hydroxylation is 1. The first-order valence-electron chi connectivity index (χ1n) is 8.24. The van der Waals surface area contributed by atoms with Crippen LogP contribution in [0.25, 0.3) is 16.7 Å². The predicted octanol–water partition coefficient (Wildman–Crippen LogP) is 5.04. The highest BCUT2D eigenvalue weighted by molar-refractivity contribution is 14.1. The third-order valence-electron chi connectivity index (χ3n) is 4.19. The van der Waals surface area contributed by atoms with Crippen LogP contribution in [0.15, 0.2) is 77.6 Å². The van der Waals surface area contributed by atoms with Gasteiger partial charge < -0.3 is 5.32 Å². The third-order valence-corrected chi connectivity index (χ3v) is 4.75. The SMILES string of the molecule is Cc1cc(I)nc2c1c(=O)cc(Nc1ccccc1)n2-c1ccccc1. The first-order chi connectivity index (χ1) is 12.6. The lowest BCUT2D eigenvalue weighted by molar-refractivity contribution is 1.06. The molecule has 0 amide bonds. The molecule has 0 spiro atoms. The number of pyridine rings is 2. The van der Waals surface area contributed by atoms with Crippen LogP contribution in [0, 0.1) is 10.6 Å². The summed E-state index contributed by atoms with van der Waals surface area (Å²) < 4.78 is 2.85. The Hall–Kier alpha value is -2.67. The molecule has 0 aliphatic carbocycles. The number of para-hydroxylation sites is 2. The highest BCUT2D eigenvalue weighted by atomic mass is 127. The van der Waals surface area contributed by atoms with Crippen LogP contribution in [0.1, 0.15) is 5.56 Å². The molecule has 0 radical (unpaired) electrons. The van der Waals surface area contributed by atoms with Crippen LogP contribution in [0.3, 0.4) is 0 Å². The first-order valence-corrected chi connectivity index (χ1v) is 9.32. The van der Waals surface area contributed by atoms with Crippen molar-refractivity contribution in [2.45, 2.75) is 6.92 Å².